The van der Waals surface area contributed by atoms with Crippen LogP contribution in [-0.4, -0.2) is 58.2 Å². The highest BCUT2D eigenvalue weighted by Gasteiger charge is 2.16. The lowest BCUT2D eigenvalue weighted by molar-refractivity contribution is 0.0526. The molecule has 41 heavy (non-hydrogen) atoms. The van der Waals surface area contributed by atoms with Crippen LogP contribution in [0, 0.1) is 0 Å². The molecular formula is C30H37N5O6. The van der Waals surface area contributed by atoms with Gasteiger partial charge in [-0.05, 0) is 76.4 Å². The molecule has 0 fully saturated rings. The van der Waals surface area contributed by atoms with Crippen LogP contribution in [0.4, 0.5) is 15.3 Å². The number of carbonyl (C=O) groups is 3. The van der Waals surface area contributed by atoms with Crippen molar-refractivity contribution in [3.63, 3.8) is 0 Å². The predicted molar refractivity (Wildman–Crippen MR) is 156 cm³/mol. The highest BCUT2D eigenvalue weighted by Crippen LogP contribution is 2.19. The standard InChI is InChI=1S/C30H37N5O6/c1-5-34(29(39)40)24-13-8-10-21(18-24)20-35-26(36)15-14-25(33-35)22-11-9-12-23(19-22)27(37)31-16-6-7-17-32-28(38)41-30(2,3)4/h8-15,18-19H,5-7,16-17,20H2,1-4H3,(H,31,37)(H,32,38)(H,39,40). The third kappa shape index (κ3) is 9.48. The molecule has 0 saturated heterocycles. The summed E-state index contributed by atoms with van der Waals surface area (Å²) < 4.78 is 6.50. The first-order valence-corrected chi connectivity index (χ1v) is 13.5. The van der Waals surface area contributed by atoms with Crippen LogP contribution < -0.4 is 21.1 Å². The number of rotatable bonds is 11. The Morgan fingerprint density at radius 3 is 2.37 bits per heavy atom. The topological polar surface area (TPSA) is 143 Å². The van der Waals surface area contributed by atoms with Crippen molar-refractivity contribution in [2.45, 2.75) is 52.7 Å². The van der Waals surface area contributed by atoms with Crippen molar-refractivity contribution in [1.82, 2.24) is 20.4 Å². The second-order valence-corrected chi connectivity index (χ2v) is 10.4. The van der Waals surface area contributed by atoms with E-state index < -0.39 is 17.8 Å². The summed E-state index contributed by atoms with van der Waals surface area (Å²) in [6.07, 6.45) is -0.160. The summed E-state index contributed by atoms with van der Waals surface area (Å²) >= 11 is 0. The molecule has 3 N–H and O–H groups in total. The van der Waals surface area contributed by atoms with E-state index in [1.54, 1.807) is 76.2 Å². The van der Waals surface area contributed by atoms with Crippen molar-refractivity contribution in [2.75, 3.05) is 24.5 Å². The molecule has 0 aliphatic carbocycles. The van der Waals surface area contributed by atoms with Crippen molar-refractivity contribution in [1.29, 1.82) is 0 Å². The smallest absolute Gasteiger partial charge is 0.411 e. The number of amides is 3. The van der Waals surface area contributed by atoms with Crippen molar-refractivity contribution < 1.29 is 24.2 Å². The van der Waals surface area contributed by atoms with Gasteiger partial charge in [0.15, 0.2) is 0 Å². The summed E-state index contributed by atoms with van der Waals surface area (Å²) in [5.41, 5.74) is 2.03. The first-order valence-electron chi connectivity index (χ1n) is 13.5. The maximum Gasteiger partial charge on any atom is 0.411 e. The van der Waals surface area contributed by atoms with Gasteiger partial charge in [-0.1, -0.05) is 24.3 Å². The number of nitrogens with zero attached hydrogens (tertiary/aromatic N) is 3. The van der Waals surface area contributed by atoms with Crippen LogP contribution in [0.1, 0.15) is 56.5 Å². The second-order valence-electron chi connectivity index (χ2n) is 10.4. The third-order valence-corrected chi connectivity index (χ3v) is 5.95. The molecule has 0 saturated carbocycles. The molecule has 1 aromatic heterocycles. The molecule has 11 heteroatoms. The van der Waals surface area contributed by atoms with E-state index in [2.05, 4.69) is 15.7 Å². The van der Waals surface area contributed by atoms with Crippen LogP contribution in [0.25, 0.3) is 11.3 Å². The average molecular weight is 564 g/mol. The number of alkyl carbamates (subject to hydrolysis) is 1. The quantitative estimate of drug-likeness (QED) is 0.292. The highest BCUT2D eigenvalue weighted by molar-refractivity contribution is 5.95. The molecule has 0 unspecified atom stereocenters. The molecule has 0 spiro atoms. The number of aromatic nitrogens is 2. The fraction of sp³-hybridized carbons (Fsp3) is 0.367. The SMILES string of the molecule is CCN(C(=O)O)c1cccc(Cn2nc(-c3cccc(C(=O)NCCCCNC(=O)OC(C)(C)C)c3)ccc2=O)c1. The van der Waals surface area contributed by atoms with E-state index in [1.807, 2.05) is 6.07 Å². The second kappa shape index (κ2) is 14.1. The molecule has 11 nitrogen and oxygen atoms in total. The third-order valence-electron chi connectivity index (χ3n) is 5.95. The van der Waals surface area contributed by atoms with E-state index in [0.717, 1.165) is 5.56 Å². The van der Waals surface area contributed by atoms with Crippen molar-refractivity contribution in [3.8, 4) is 11.3 Å². The molecule has 2 aromatic carbocycles. The van der Waals surface area contributed by atoms with Crippen LogP contribution in [0.3, 0.4) is 0 Å². The largest absolute Gasteiger partial charge is 0.465 e. The number of carbonyl (C=O) groups excluding carboxylic acids is 2. The lowest BCUT2D eigenvalue weighted by atomic mass is 10.1. The zero-order valence-electron chi connectivity index (χ0n) is 23.8. The summed E-state index contributed by atoms with van der Waals surface area (Å²) in [5.74, 6) is -0.240. The van der Waals surface area contributed by atoms with E-state index in [0.29, 0.717) is 55.0 Å². The molecule has 3 amide bonds. The van der Waals surface area contributed by atoms with Crippen molar-refractivity contribution >= 4 is 23.8 Å². The van der Waals surface area contributed by atoms with Gasteiger partial charge >= 0.3 is 12.2 Å². The fourth-order valence-electron chi connectivity index (χ4n) is 4.02. The summed E-state index contributed by atoms with van der Waals surface area (Å²) in [6.45, 7) is 8.49. The number of ether oxygens (including phenoxy) is 1. The molecule has 3 rings (SSSR count). The van der Waals surface area contributed by atoms with Crippen molar-refractivity contribution in [3.05, 3.63) is 82.1 Å². The van der Waals surface area contributed by atoms with Crippen molar-refractivity contribution in [2.24, 2.45) is 0 Å². The summed E-state index contributed by atoms with van der Waals surface area (Å²) in [7, 11) is 0. The Balaban J connectivity index is 1.61. The predicted octanol–water partition coefficient (Wildman–Crippen LogP) is 4.50. The van der Waals surface area contributed by atoms with Crippen LogP contribution in [0.15, 0.2) is 65.5 Å². The molecular weight excluding hydrogens is 526 g/mol. The lowest BCUT2D eigenvalue weighted by Gasteiger charge is -2.19. The van der Waals surface area contributed by atoms with Gasteiger partial charge < -0.3 is 20.5 Å². The summed E-state index contributed by atoms with van der Waals surface area (Å²) in [5, 5.41) is 19.5. The minimum absolute atomic E-state index is 0.153. The van der Waals surface area contributed by atoms with Gasteiger partial charge in [-0.25, -0.2) is 14.3 Å². The number of hydrogen-bond acceptors (Lipinski definition) is 6. The first kappa shape index (κ1) is 30.9. The molecule has 218 valence electrons. The number of carboxylic acid groups (broad SMARTS) is 1. The minimum atomic E-state index is -1.05. The molecule has 0 bridgehead atoms. The summed E-state index contributed by atoms with van der Waals surface area (Å²) in [6, 6.07) is 17.0. The normalized spacial score (nSPS) is 11.0. The Morgan fingerprint density at radius 2 is 1.68 bits per heavy atom. The zero-order chi connectivity index (χ0) is 30.0. The van der Waals surface area contributed by atoms with Crippen LogP contribution in [-0.2, 0) is 11.3 Å². The van der Waals surface area contributed by atoms with Crippen LogP contribution >= 0.6 is 0 Å². The maximum absolute atomic E-state index is 12.7. The molecule has 0 aliphatic heterocycles. The Morgan fingerprint density at radius 1 is 0.976 bits per heavy atom. The van der Waals surface area contributed by atoms with E-state index in [4.69, 9.17) is 4.74 Å². The number of anilines is 1. The Hall–Kier alpha value is -4.67. The first-order chi connectivity index (χ1) is 19.5. The van der Waals surface area contributed by atoms with Gasteiger partial charge in [-0.2, -0.15) is 5.10 Å². The summed E-state index contributed by atoms with van der Waals surface area (Å²) in [4.78, 5) is 49.7. The lowest BCUT2D eigenvalue weighted by Crippen LogP contribution is -2.33. The van der Waals surface area contributed by atoms with Gasteiger partial charge in [0, 0.05) is 42.5 Å². The van der Waals surface area contributed by atoms with Crippen LogP contribution in [0.5, 0.6) is 0 Å². The van der Waals surface area contributed by atoms with Gasteiger partial charge in [-0.15, -0.1) is 0 Å². The van der Waals surface area contributed by atoms with E-state index in [9.17, 15) is 24.3 Å². The highest BCUT2D eigenvalue weighted by atomic mass is 16.6. The number of unbranched alkanes of at least 4 members (excludes halogenated alkanes) is 1. The minimum Gasteiger partial charge on any atom is -0.465 e. The van der Waals surface area contributed by atoms with Gasteiger partial charge in [0.1, 0.15) is 5.60 Å². The van der Waals surface area contributed by atoms with E-state index in [1.165, 1.54) is 15.6 Å². The Kier molecular flexibility index (Phi) is 10.6. The number of benzene rings is 2. The van der Waals surface area contributed by atoms with E-state index >= 15 is 0 Å². The fourth-order valence-corrected chi connectivity index (χ4v) is 4.02. The maximum atomic E-state index is 12.7. The number of nitrogens with one attached hydrogen (secondary N) is 2. The number of hydrogen-bond donors (Lipinski definition) is 3. The Bertz CT molecular complexity index is 1430. The monoisotopic (exact) mass is 563 g/mol. The molecule has 0 aliphatic rings. The average Bonchev–Trinajstić information content (AvgIpc) is 2.91. The molecule has 0 radical (unpaired) electrons. The van der Waals surface area contributed by atoms with E-state index in [-0.39, 0.29) is 18.0 Å². The van der Waals surface area contributed by atoms with Gasteiger partial charge in [-0.3, -0.25) is 14.5 Å². The zero-order valence-corrected chi connectivity index (χ0v) is 23.8. The van der Waals surface area contributed by atoms with Gasteiger partial charge in [0.2, 0.25) is 0 Å². The van der Waals surface area contributed by atoms with Gasteiger partial charge in [0.05, 0.1) is 12.2 Å². The Labute approximate surface area is 239 Å². The van der Waals surface area contributed by atoms with Crippen LogP contribution in [0.2, 0.25) is 0 Å². The molecule has 3 aromatic rings. The van der Waals surface area contributed by atoms with Gasteiger partial charge in [0.25, 0.3) is 11.5 Å². The molecule has 1 heterocycles. The molecule has 0 atom stereocenters.